The number of carbonyl (C=O) groups is 2. The summed E-state index contributed by atoms with van der Waals surface area (Å²) < 4.78 is 25.8. The molecule has 0 bridgehead atoms. The molecule has 0 spiro atoms. The minimum Gasteiger partial charge on any atom is -0.366 e. The molecular formula is C18H20ClN3O4S. The number of amides is 2. The molecule has 3 N–H and O–H groups in total. The minimum atomic E-state index is -3.80. The minimum absolute atomic E-state index is 0.128. The first kappa shape index (κ1) is 20.7. The molecule has 7 nitrogen and oxygen atoms in total. The molecular weight excluding hydrogens is 390 g/mol. The summed E-state index contributed by atoms with van der Waals surface area (Å²) >= 11 is 6.01. The molecule has 144 valence electrons. The van der Waals surface area contributed by atoms with Gasteiger partial charge >= 0.3 is 0 Å². The second-order valence-electron chi connectivity index (χ2n) is 6.06. The maximum Gasteiger partial charge on any atom is 0.250 e. The number of hydrogen-bond donors (Lipinski definition) is 2. The number of halogens is 1. The number of hydrogen-bond acceptors (Lipinski definition) is 4. The zero-order valence-corrected chi connectivity index (χ0v) is 16.6. The predicted octanol–water partition coefficient (Wildman–Crippen LogP) is 2.54. The van der Waals surface area contributed by atoms with Crippen LogP contribution in [-0.4, -0.2) is 32.5 Å². The first-order chi connectivity index (χ1) is 12.5. The fourth-order valence-electron chi connectivity index (χ4n) is 2.65. The van der Waals surface area contributed by atoms with E-state index in [1.165, 1.54) is 25.1 Å². The highest BCUT2D eigenvalue weighted by Crippen LogP contribution is 2.28. The number of rotatable bonds is 6. The molecule has 2 rings (SSSR count). The van der Waals surface area contributed by atoms with Gasteiger partial charge in [0, 0.05) is 5.02 Å². The Morgan fingerprint density at radius 2 is 1.81 bits per heavy atom. The maximum absolute atomic E-state index is 12.7. The quantitative estimate of drug-likeness (QED) is 0.763. The lowest BCUT2D eigenvalue weighted by Gasteiger charge is -2.29. The van der Waals surface area contributed by atoms with E-state index in [2.05, 4.69) is 5.32 Å². The van der Waals surface area contributed by atoms with Crippen molar-refractivity contribution in [2.45, 2.75) is 19.9 Å². The molecule has 2 aromatic carbocycles. The number of nitrogens with zero attached hydrogens (tertiary/aromatic N) is 1. The molecule has 0 unspecified atom stereocenters. The van der Waals surface area contributed by atoms with Crippen molar-refractivity contribution >= 4 is 44.8 Å². The molecule has 0 aliphatic carbocycles. The van der Waals surface area contributed by atoms with Crippen molar-refractivity contribution in [1.82, 2.24) is 0 Å². The number of benzene rings is 2. The SMILES string of the molecule is Cc1ccc(Cl)cc1N([C@H](C)C(=O)Nc1ccccc1C(N)=O)S(C)(=O)=O. The second kappa shape index (κ2) is 7.98. The summed E-state index contributed by atoms with van der Waals surface area (Å²) in [5.74, 6) is -1.32. The number of aryl methyl sites for hydroxylation is 1. The summed E-state index contributed by atoms with van der Waals surface area (Å²) in [5, 5.41) is 2.91. The Morgan fingerprint density at radius 3 is 2.41 bits per heavy atom. The molecule has 9 heteroatoms. The van der Waals surface area contributed by atoms with Crippen molar-refractivity contribution in [1.29, 1.82) is 0 Å². The third kappa shape index (κ3) is 4.78. The van der Waals surface area contributed by atoms with Crippen LogP contribution in [0, 0.1) is 6.92 Å². The number of para-hydroxylation sites is 1. The van der Waals surface area contributed by atoms with Crippen LogP contribution in [0.3, 0.4) is 0 Å². The van der Waals surface area contributed by atoms with Crippen LogP contribution >= 0.6 is 11.6 Å². The van der Waals surface area contributed by atoms with Crippen molar-refractivity contribution in [3.63, 3.8) is 0 Å². The van der Waals surface area contributed by atoms with E-state index in [0.717, 1.165) is 10.6 Å². The van der Waals surface area contributed by atoms with Gasteiger partial charge in [0.05, 0.1) is 23.2 Å². The van der Waals surface area contributed by atoms with E-state index in [1.54, 1.807) is 31.2 Å². The van der Waals surface area contributed by atoms with Crippen LogP contribution in [0.4, 0.5) is 11.4 Å². The van der Waals surface area contributed by atoms with Crippen LogP contribution in [0.5, 0.6) is 0 Å². The summed E-state index contributed by atoms with van der Waals surface area (Å²) in [7, 11) is -3.80. The lowest BCUT2D eigenvalue weighted by atomic mass is 10.1. The highest BCUT2D eigenvalue weighted by Gasteiger charge is 2.30. The number of nitrogens with one attached hydrogen (secondary N) is 1. The van der Waals surface area contributed by atoms with Crippen molar-refractivity contribution in [2.24, 2.45) is 5.73 Å². The molecule has 0 aromatic heterocycles. The second-order valence-corrected chi connectivity index (χ2v) is 8.36. The standard InChI is InChI=1S/C18H20ClN3O4S/c1-11-8-9-13(19)10-16(11)22(27(3,25)26)12(2)18(24)21-15-7-5-4-6-14(15)17(20)23/h4-10,12H,1-3H3,(H2,20,23)(H,21,24)/t12-/m1/s1. The molecule has 0 fully saturated rings. The monoisotopic (exact) mass is 409 g/mol. The van der Waals surface area contributed by atoms with Gasteiger partial charge < -0.3 is 11.1 Å². The zero-order chi connectivity index (χ0) is 20.4. The molecule has 0 aliphatic heterocycles. The third-order valence-electron chi connectivity index (χ3n) is 3.95. The van der Waals surface area contributed by atoms with Crippen LogP contribution in [0.25, 0.3) is 0 Å². The van der Waals surface area contributed by atoms with Gasteiger partial charge in [-0.3, -0.25) is 13.9 Å². The van der Waals surface area contributed by atoms with Crippen LogP contribution in [-0.2, 0) is 14.8 Å². The van der Waals surface area contributed by atoms with E-state index in [4.69, 9.17) is 17.3 Å². The normalized spacial score (nSPS) is 12.3. The Balaban J connectivity index is 2.42. The lowest BCUT2D eigenvalue weighted by Crippen LogP contribution is -2.45. The van der Waals surface area contributed by atoms with Crippen molar-refractivity contribution < 1.29 is 18.0 Å². The maximum atomic E-state index is 12.7. The van der Waals surface area contributed by atoms with Gasteiger partial charge in [0.15, 0.2) is 0 Å². The Kier molecular flexibility index (Phi) is 6.12. The first-order valence-corrected chi connectivity index (χ1v) is 10.2. The van der Waals surface area contributed by atoms with Crippen molar-refractivity contribution in [3.8, 4) is 0 Å². The Hall–Kier alpha value is -2.58. The molecule has 27 heavy (non-hydrogen) atoms. The van der Waals surface area contributed by atoms with E-state index in [-0.39, 0.29) is 11.3 Å². The Labute approximate surface area is 163 Å². The average Bonchev–Trinajstić information content (AvgIpc) is 2.57. The van der Waals surface area contributed by atoms with Crippen LogP contribution in [0.15, 0.2) is 42.5 Å². The van der Waals surface area contributed by atoms with Gasteiger partial charge in [-0.2, -0.15) is 0 Å². The van der Waals surface area contributed by atoms with Gasteiger partial charge in [0.2, 0.25) is 15.9 Å². The number of primary amides is 1. The van der Waals surface area contributed by atoms with Gasteiger partial charge in [-0.05, 0) is 43.7 Å². The van der Waals surface area contributed by atoms with Crippen molar-refractivity contribution in [2.75, 3.05) is 15.9 Å². The summed E-state index contributed by atoms with van der Waals surface area (Å²) in [6.07, 6.45) is 1.01. The van der Waals surface area contributed by atoms with Crippen molar-refractivity contribution in [3.05, 3.63) is 58.6 Å². The van der Waals surface area contributed by atoms with Crippen LogP contribution in [0.2, 0.25) is 5.02 Å². The number of carbonyl (C=O) groups excluding carboxylic acids is 2. The summed E-state index contributed by atoms with van der Waals surface area (Å²) in [5.41, 5.74) is 6.59. The number of nitrogens with two attached hydrogens (primary N) is 1. The molecule has 2 aromatic rings. The fourth-order valence-corrected chi connectivity index (χ4v) is 4.04. The van der Waals surface area contributed by atoms with E-state index in [1.807, 2.05) is 0 Å². The van der Waals surface area contributed by atoms with Crippen LogP contribution in [0.1, 0.15) is 22.8 Å². The highest BCUT2D eigenvalue weighted by molar-refractivity contribution is 7.92. The molecule has 0 saturated carbocycles. The number of sulfonamides is 1. The molecule has 2 amide bonds. The topological polar surface area (TPSA) is 110 Å². The van der Waals surface area contributed by atoms with E-state index >= 15 is 0 Å². The largest absolute Gasteiger partial charge is 0.366 e. The van der Waals surface area contributed by atoms with E-state index in [0.29, 0.717) is 16.3 Å². The lowest BCUT2D eigenvalue weighted by molar-refractivity contribution is -0.116. The number of anilines is 2. The molecule has 0 heterocycles. The molecule has 0 radical (unpaired) electrons. The van der Waals surface area contributed by atoms with E-state index < -0.39 is 27.9 Å². The van der Waals surface area contributed by atoms with Gasteiger partial charge in [0.25, 0.3) is 5.91 Å². The molecule has 0 saturated heterocycles. The summed E-state index contributed by atoms with van der Waals surface area (Å²) in [4.78, 5) is 24.3. The fraction of sp³-hybridized carbons (Fsp3) is 0.222. The highest BCUT2D eigenvalue weighted by atomic mass is 35.5. The first-order valence-electron chi connectivity index (χ1n) is 7.97. The van der Waals surface area contributed by atoms with Gasteiger partial charge in [0.1, 0.15) is 6.04 Å². The van der Waals surface area contributed by atoms with Crippen LogP contribution < -0.4 is 15.4 Å². The van der Waals surface area contributed by atoms with Gasteiger partial charge in [-0.25, -0.2) is 8.42 Å². The Bertz CT molecular complexity index is 992. The zero-order valence-electron chi connectivity index (χ0n) is 15.1. The van der Waals surface area contributed by atoms with E-state index in [9.17, 15) is 18.0 Å². The van der Waals surface area contributed by atoms with Gasteiger partial charge in [-0.1, -0.05) is 29.8 Å². The molecule has 0 aliphatic rings. The summed E-state index contributed by atoms with van der Waals surface area (Å²) in [6.45, 7) is 3.17. The third-order valence-corrected chi connectivity index (χ3v) is 5.41. The predicted molar refractivity (Wildman–Crippen MR) is 107 cm³/mol. The average molecular weight is 410 g/mol. The molecule has 1 atom stereocenters. The Morgan fingerprint density at radius 1 is 1.19 bits per heavy atom. The smallest absolute Gasteiger partial charge is 0.250 e. The summed E-state index contributed by atoms with van der Waals surface area (Å²) in [6, 6.07) is 9.91. The van der Waals surface area contributed by atoms with Gasteiger partial charge in [-0.15, -0.1) is 0 Å².